The average molecular weight is 489 g/mol. The minimum absolute atomic E-state index is 0.0212. The minimum Gasteiger partial charge on any atom is -0.481 e. The van der Waals surface area contributed by atoms with Crippen molar-refractivity contribution in [2.24, 2.45) is 0 Å². The lowest BCUT2D eigenvalue weighted by Crippen LogP contribution is -2.34. The third-order valence-corrected chi connectivity index (χ3v) is 5.28. The van der Waals surface area contributed by atoms with Gasteiger partial charge in [-0.05, 0) is 34.9 Å². The molecule has 0 spiro atoms. The molecule has 5 aromatic rings. The number of alkyl halides is 5. The van der Waals surface area contributed by atoms with Crippen LogP contribution in [0.5, 0.6) is 0 Å². The number of hydrogen-bond donors (Lipinski definition) is 1. The molecule has 1 aromatic carbocycles. The highest BCUT2D eigenvalue weighted by atomic mass is 19.4. The Hall–Kier alpha value is -4.42. The molecule has 0 aliphatic rings. The first-order valence-corrected chi connectivity index (χ1v) is 9.90. The van der Waals surface area contributed by atoms with Crippen molar-refractivity contribution >= 4 is 22.6 Å². The fourth-order valence-electron chi connectivity index (χ4n) is 3.64. The molecule has 0 saturated heterocycles. The largest absolute Gasteiger partial charge is 0.481 e. The summed E-state index contributed by atoms with van der Waals surface area (Å²) in [5.41, 5.74) is -0.554. The molecule has 0 saturated carbocycles. The molecular formula is C22H12F5N5O3. The van der Waals surface area contributed by atoms with Crippen molar-refractivity contribution in [3.05, 3.63) is 66.3 Å². The summed E-state index contributed by atoms with van der Waals surface area (Å²) < 4.78 is 74.9. The first-order valence-electron chi connectivity index (χ1n) is 9.90. The molecule has 4 heterocycles. The second-order valence-corrected chi connectivity index (χ2v) is 7.56. The minimum atomic E-state index is -5.88. The summed E-state index contributed by atoms with van der Waals surface area (Å²) in [4.78, 5) is 18.9. The number of aromatic nitrogens is 5. The van der Waals surface area contributed by atoms with Gasteiger partial charge in [-0.2, -0.15) is 22.0 Å². The zero-order chi connectivity index (χ0) is 25.0. The van der Waals surface area contributed by atoms with Crippen LogP contribution in [0.15, 0.2) is 59.5 Å². The first-order chi connectivity index (χ1) is 16.5. The molecule has 13 heteroatoms. The van der Waals surface area contributed by atoms with Gasteiger partial charge in [-0.1, -0.05) is 24.3 Å². The summed E-state index contributed by atoms with van der Waals surface area (Å²) in [6.07, 6.45) is -3.76. The van der Waals surface area contributed by atoms with E-state index in [1.165, 1.54) is 47.0 Å². The van der Waals surface area contributed by atoms with E-state index in [2.05, 4.69) is 20.2 Å². The highest BCUT2D eigenvalue weighted by molar-refractivity contribution is 5.94. The molecule has 0 aliphatic heterocycles. The van der Waals surface area contributed by atoms with E-state index in [9.17, 15) is 26.7 Å². The van der Waals surface area contributed by atoms with Crippen LogP contribution in [-0.4, -0.2) is 41.8 Å². The van der Waals surface area contributed by atoms with E-state index in [-0.39, 0.29) is 40.2 Å². The van der Waals surface area contributed by atoms with Crippen molar-refractivity contribution in [1.29, 1.82) is 0 Å². The highest BCUT2D eigenvalue weighted by Gasteiger charge is 2.60. The number of carboxylic acid groups (broad SMARTS) is 1. The Morgan fingerprint density at radius 1 is 1.03 bits per heavy atom. The van der Waals surface area contributed by atoms with Crippen LogP contribution >= 0.6 is 0 Å². The van der Waals surface area contributed by atoms with Crippen molar-refractivity contribution in [1.82, 2.24) is 24.6 Å². The third kappa shape index (κ3) is 3.84. The molecular weight excluding hydrogens is 477 g/mol. The number of halogens is 5. The Morgan fingerprint density at radius 2 is 1.77 bits per heavy atom. The number of rotatable bonds is 5. The van der Waals surface area contributed by atoms with Gasteiger partial charge in [0, 0.05) is 11.6 Å². The van der Waals surface area contributed by atoms with E-state index in [0.717, 1.165) is 6.39 Å². The Labute approximate surface area is 191 Å². The molecule has 0 amide bonds. The molecule has 4 aromatic heterocycles. The SMILES string of the molecule is O=C(O)Cc1ccc(-c2cc(C(F)(F)C(F)(F)F)nc3c2ccc2nc(-c4nnco4)cn23)cc1. The van der Waals surface area contributed by atoms with E-state index in [4.69, 9.17) is 9.52 Å². The number of imidazole rings is 1. The number of carboxylic acids is 1. The van der Waals surface area contributed by atoms with Crippen LogP contribution in [0.1, 0.15) is 11.3 Å². The van der Waals surface area contributed by atoms with Crippen molar-refractivity contribution < 1.29 is 36.3 Å². The molecule has 0 radical (unpaired) electrons. The van der Waals surface area contributed by atoms with Gasteiger partial charge < -0.3 is 9.52 Å². The van der Waals surface area contributed by atoms with E-state index < -0.39 is 23.8 Å². The van der Waals surface area contributed by atoms with Crippen LogP contribution in [-0.2, 0) is 17.1 Å². The van der Waals surface area contributed by atoms with Crippen LogP contribution in [0.25, 0.3) is 39.4 Å². The summed E-state index contributed by atoms with van der Waals surface area (Å²) in [6.45, 7) is 0. The Kier molecular flexibility index (Phi) is 5.00. The fourth-order valence-corrected chi connectivity index (χ4v) is 3.64. The number of fused-ring (bicyclic) bond motifs is 3. The molecule has 0 atom stereocenters. The van der Waals surface area contributed by atoms with Crippen LogP contribution in [0, 0.1) is 0 Å². The van der Waals surface area contributed by atoms with Gasteiger partial charge in [0.2, 0.25) is 6.39 Å². The number of benzene rings is 1. The number of pyridine rings is 2. The normalized spacial score (nSPS) is 12.5. The maximum absolute atomic E-state index is 14.4. The highest BCUT2D eigenvalue weighted by Crippen LogP contribution is 2.45. The van der Waals surface area contributed by atoms with Crippen LogP contribution in [0.3, 0.4) is 0 Å². The van der Waals surface area contributed by atoms with Crippen molar-refractivity contribution in [2.75, 3.05) is 0 Å². The summed E-state index contributed by atoms with van der Waals surface area (Å²) >= 11 is 0. The zero-order valence-corrected chi connectivity index (χ0v) is 17.3. The summed E-state index contributed by atoms with van der Waals surface area (Å²) in [5, 5.41) is 16.5. The number of carbonyl (C=O) groups is 1. The van der Waals surface area contributed by atoms with Crippen molar-refractivity contribution in [3.8, 4) is 22.7 Å². The van der Waals surface area contributed by atoms with Gasteiger partial charge in [0.05, 0.1) is 6.42 Å². The van der Waals surface area contributed by atoms with E-state index in [1.54, 1.807) is 0 Å². The van der Waals surface area contributed by atoms with Crippen molar-refractivity contribution in [3.63, 3.8) is 0 Å². The maximum Gasteiger partial charge on any atom is 0.459 e. The summed E-state index contributed by atoms with van der Waals surface area (Å²) in [6, 6.07) is 9.53. The van der Waals surface area contributed by atoms with Gasteiger partial charge in [-0.15, -0.1) is 10.2 Å². The van der Waals surface area contributed by atoms with E-state index >= 15 is 0 Å². The van der Waals surface area contributed by atoms with Gasteiger partial charge in [0.25, 0.3) is 5.89 Å². The number of nitrogens with zero attached hydrogens (tertiary/aromatic N) is 5. The first kappa shape index (κ1) is 22.4. The molecule has 1 N–H and O–H groups in total. The van der Waals surface area contributed by atoms with Gasteiger partial charge >= 0.3 is 18.1 Å². The lowest BCUT2D eigenvalue weighted by atomic mass is 9.98. The van der Waals surface area contributed by atoms with E-state index in [1.807, 2.05) is 0 Å². The lowest BCUT2D eigenvalue weighted by molar-refractivity contribution is -0.290. The van der Waals surface area contributed by atoms with Gasteiger partial charge in [0.15, 0.2) is 0 Å². The average Bonchev–Trinajstić information content (AvgIpc) is 3.47. The molecule has 0 fully saturated rings. The second-order valence-electron chi connectivity index (χ2n) is 7.56. The summed E-state index contributed by atoms with van der Waals surface area (Å²) in [7, 11) is 0. The Bertz CT molecular complexity index is 1560. The fraction of sp³-hybridized carbons (Fsp3) is 0.136. The molecule has 35 heavy (non-hydrogen) atoms. The summed E-state index contributed by atoms with van der Waals surface area (Å²) in [5.74, 6) is -6.29. The molecule has 0 bridgehead atoms. The van der Waals surface area contributed by atoms with E-state index in [0.29, 0.717) is 17.2 Å². The number of aliphatic carboxylic acids is 1. The lowest BCUT2D eigenvalue weighted by Gasteiger charge is -2.20. The van der Waals surface area contributed by atoms with Gasteiger partial charge in [0.1, 0.15) is 22.7 Å². The van der Waals surface area contributed by atoms with Crippen LogP contribution < -0.4 is 0 Å². The van der Waals surface area contributed by atoms with Crippen LogP contribution in [0.4, 0.5) is 22.0 Å². The molecule has 0 aliphatic carbocycles. The topological polar surface area (TPSA) is 106 Å². The van der Waals surface area contributed by atoms with Gasteiger partial charge in [-0.3, -0.25) is 9.20 Å². The maximum atomic E-state index is 14.4. The molecule has 8 nitrogen and oxygen atoms in total. The second kappa shape index (κ2) is 7.82. The zero-order valence-electron chi connectivity index (χ0n) is 17.3. The predicted octanol–water partition coefficient (Wildman–Crippen LogP) is 4.88. The predicted molar refractivity (Wildman–Crippen MR) is 111 cm³/mol. The van der Waals surface area contributed by atoms with Crippen LogP contribution in [0.2, 0.25) is 0 Å². The Morgan fingerprint density at radius 3 is 2.40 bits per heavy atom. The van der Waals surface area contributed by atoms with Crippen molar-refractivity contribution in [2.45, 2.75) is 18.5 Å². The Balaban J connectivity index is 1.78. The third-order valence-electron chi connectivity index (χ3n) is 5.28. The standard InChI is InChI=1S/C22H12F5N5O3/c23-21(24,22(25,26)27)16-8-14(12-3-1-11(2-4-12)7-18(33)34)13-5-6-17-29-15(20-31-28-10-35-20)9-32(17)19(13)30-16/h1-6,8-10H,7H2,(H,33,34). The quantitative estimate of drug-likeness (QED) is 0.351. The smallest absolute Gasteiger partial charge is 0.459 e. The molecule has 178 valence electrons. The van der Waals surface area contributed by atoms with Gasteiger partial charge in [-0.25, -0.2) is 9.97 Å². The number of hydrogen-bond acceptors (Lipinski definition) is 6. The molecule has 0 unspecified atom stereocenters. The molecule has 5 rings (SSSR count). The monoisotopic (exact) mass is 489 g/mol.